The third-order valence-electron chi connectivity index (χ3n) is 2.76. The van der Waals surface area contributed by atoms with E-state index in [2.05, 4.69) is 0 Å². The van der Waals surface area contributed by atoms with E-state index in [0.717, 1.165) is 22.6 Å². The standard InChI is InChI=1S/C14H17NO2/c1-3-16-12-6-4-5-11(9-12)14(15)13-7-8-17-10(13)2/h4-9,14H,3,15H2,1-2H3. The molecule has 0 amide bonds. The first-order valence-corrected chi connectivity index (χ1v) is 5.74. The molecule has 90 valence electrons. The van der Waals surface area contributed by atoms with E-state index in [1.165, 1.54) is 0 Å². The van der Waals surface area contributed by atoms with Crippen LogP contribution in [0.1, 0.15) is 29.9 Å². The van der Waals surface area contributed by atoms with Gasteiger partial charge in [-0.15, -0.1) is 0 Å². The highest BCUT2D eigenvalue weighted by Crippen LogP contribution is 2.25. The average Bonchev–Trinajstić information content (AvgIpc) is 2.75. The number of benzene rings is 1. The lowest BCUT2D eigenvalue weighted by Crippen LogP contribution is -2.12. The number of aryl methyl sites for hydroxylation is 1. The molecule has 0 radical (unpaired) electrons. The van der Waals surface area contributed by atoms with E-state index in [9.17, 15) is 0 Å². The molecule has 0 bridgehead atoms. The van der Waals surface area contributed by atoms with E-state index in [1.807, 2.05) is 44.2 Å². The number of hydrogen-bond acceptors (Lipinski definition) is 3. The van der Waals surface area contributed by atoms with Crippen molar-refractivity contribution in [3.8, 4) is 5.75 Å². The summed E-state index contributed by atoms with van der Waals surface area (Å²) in [4.78, 5) is 0. The summed E-state index contributed by atoms with van der Waals surface area (Å²) in [5.74, 6) is 1.71. The second-order valence-electron chi connectivity index (χ2n) is 3.92. The molecule has 0 saturated heterocycles. The van der Waals surface area contributed by atoms with E-state index in [1.54, 1.807) is 6.26 Å². The average molecular weight is 231 g/mol. The van der Waals surface area contributed by atoms with Crippen LogP contribution in [-0.4, -0.2) is 6.61 Å². The molecule has 3 heteroatoms. The summed E-state index contributed by atoms with van der Waals surface area (Å²) in [5.41, 5.74) is 8.25. The quantitative estimate of drug-likeness (QED) is 0.879. The topological polar surface area (TPSA) is 48.4 Å². The monoisotopic (exact) mass is 231 g/mol. The molecule has 1 aromatic carbocycles. The zero-order valence-electron chi connectivity index (χ0n) is 10.1. The number of rotatable bonds is 4. The summed E-state index contributed by atoms with van der Waals surface area (Å²) in [6.45, 7) is 4.54. The Labute approximate surface area is 101 Å². The van der Waals surface area contributed by atoms with Crippen LogP contribution in [-0.2, 0) is 0 Å². The summed E-state index contributed by atoms with van der Waals surface area (Å²) in [7, 11) is 0. The fourth-order valence-corrected chi connectivity index (χ4v) is 1.86. The number of hydrogen-bond donors (Lipinski definition) is 1. The molecular formula is C14H17NO2. The van der Waals surface area contributed by atoms with Crippen LogP contribution in [0.15, 0.2) is 41.0 Å². The van der Waals surface area contributed by atoms with Crippen molar-refractivity contribution < 1.29 is 9.15 Å². The maximum Gasteiger partial charge on any atom is 0.119 e. The molecule has 1 unspecified atom stereocenters. The number of ether oxygens (including phenoxy) is 1. The minimum Gasteiger partial charge on any atom is -0.494 e. The van der Waals surface area contributed by atoms with Gasteiger partial charge in [0.2, 0.25) is 0 Å². The van der Waals surface area contributed by atoms with Gasteiger partial charge in [-0.2, -0.15) is 0 Å². The summed E-state index contributed by atoms with van der Waals surface area (Å²) in [6.07, 6.45) is 1.66. The molecule has 0 aliphatic heterocycles. The van der Waals surface area contributed by atoms with Crippen LogP contribution >= 0.6 is 0 Å². The Balaban J connectivity index is 2.28. The van der Waals surface area contributed by atoms with Gasteiger partial charge in [0, 0.05) is 5.56 Å². The molecule has 0 spiro atoms. The minimum absolute atomic E-state index is 0.172. The Kier molecular flexibility index (Phi) is 3.49. The third kappa shape index (κ3) is 2.50. The molecule has 1 atom stereocenters. The number of furan rings is 1. The lowest BCUT2D eigenvalue weighted by atomic mass is 10.0. The van der Waals surface area contributed by atoms with Gasteiger partial charge >= 0.3 is 0 Å². The van der Waals surface area contributed by atoms with Gasteiger partial charge in [-0.1, -0.05) is 12.1 Å². The highest BCUT2D eigenvalue weighted by molar-refractivity contribution is 5.37. The van der Waals surface area contributed by atoms with Gasteiger partial charge < -0.3 is 14.9 Å². The first kappa shape index (κ1) is 11.7. The Morgan fingerprint density at radius 3 is 2.82 bits per heavy atom. The second kappa shape index (κ2) is 5.06. The van der Waals surface area contributed by atoms with Crippen LogP contribution < -0.4 is 10.5 Å². The molecule has 3 nitrogen and oxygen atoms in total. The lowest BCUT2D eigenvalue weighted by molar-refractivity contribution is 0.340. The molecular weight excluding hydrogens is 214 g/mol. The summed E-state index contributed by atoms with van der Waals surface area (Å²) in [5, 5.41) is 0. The van der Waals surface area contributed by atoms with Crippen LogP contribution in [0.5, 0.6) is 5.75 Å². The first-order chi connectivity index (χ1) is 8.22. The summed E-state index contributed by atoms with van der Waals surface area (Å²) >= 11 is 0. The van der Waals surface area contributed by atoms with Crippen LogP contribution in [0, 0.1) is 6.92 Å². The fourth-order valence-electron chi connectivity index (χ4n) is 1.86. The molecule has 2 rings (SSSR count). The predicted molar refractivity (Wildman–Crippen MR) is 67.1 cm³/mol. The van der Waals surface area contributed by atoms with Crippen molar-refractivity contribution in [1.82, 2.24) is 0 Å². The van der Waals surface area contributed by atoms with Gasteiger partial charge in [0.05, 0.1) is 18.9 Å². The van der Waals surface area contributed by atoms with Gasteiger partial charge in [0.1, 0.15) is 11.5 Å². The SMILES string of the molecule is CCOc1cccc(C(N)c2ccoc2C)c1. The van der Waals surface area contributed by atoms with Crippen molar-refractivity contribution in [3.05, 3.63) is 53.5 Å². The van der Waals surface area contributed by atoms with Gasteiger partial charge in [0.15, 0.2) is 0 Å². The lowest BCUT2D eigenvalue weighted by Gasteiger charge is -2.12. The van der Waals surface area contributed by atoms with Gasteiger partial charge in [-0.25, -0.2) is 0 Å². The zero-order chi connectivity index (χ0) is 12.3. The van der Waals surface area contributed by atoms with Crippen LogP contribution in [0.4, 0.5) is 0 Å². The fraction of sp³-hybridized carbons (Fsp3) is 0.286. The maximum absolute atomic E-state index is 6.21. The highest BCUT2D eigenvalue weighted by atomic mass is 16.5. The Morgan fingerprint density at radius 2 is 2.18 bits per heavy atom. The zero-order valence-corrected chi connectivity index (χ0v) is 10.1. The van der Waals surface area contributed by atoms with Gasteiger partial charge in [-0.05, 0) is 37.6 Å². The molecule has 1 heterocycles. The van der Waals surface area contributed by atoms with Gasteiger partial charge in [0.25, 0.3) is 0 Å². The molecule has 17 heavy (non-hydrogen) atoms. The van der Waals surface area contributed by atoms with E-state index in [4.69, 9.17) is 14.9 Å². The first-order valence-electron chi connectivity index (χ1n) is 5.74. The van der Waals surface area contributed by atoms with Crippen molar-refractivity contribution in [3.63, 3.8) is 0 Å². The van der Waals surface area contributed by atoms with E-state index < -0.39 is 0 Å². The number of nitrogens with two attached hydrogens (primary N) is 1. The Morgan fingerprint density at radius 1 is 1.35 bits per heavy atom. The normalized spacial score (nSPS) is 12.4. The third-order valence-corrected chi connectivity index (χ3v) is 2.76. The Bertz CT molecular complexity index is 490. The smallest absolute Gasteiger partial charge is 0.119 e. The van der Waals surface area contributed by atoms with Gasteiger partial charge in [-0.3, -0.25) is 0 Å². The summed E-state index contributed by atoms with van der Waals surface area (Å²) in [6, 6.07) is 9.60. The van der Waals surface area contributed by atoms with Crippen molar-refractivity contribution >= 4 is 0 Å². The van der Waals surface area contributed by atoms with Crippen molar-refractivity contribution in [2.75, 3.05) is 6.61 Å². The molecule has 2 aromatic rings. The molecule has 0 saturated carbocycles. The maximum atomic E-state index is 6.21. The largest absolute Gasteiger partial charge is 0.494 e. The van der Waals surface area contributed by atoms with Crippen molar-refractivity contribution in [2.24, 2.45) is 5.73 Å². The Hall–Kier alpha value is -1.74. The summed E-state index contributed by atoms with van der Waals surface area (Å²) < 4.78 is 10.7. The van der Waals surface area contributed by atoms with Crippen LogP contribution in [0.2, 0.25) is 0 Å². The molecule has 1 aromatic heterocycles. The predicted octanol–water partition coefficient (Wildman–Crippen LogP) is 3.03. The van der Waals surface area contributed by atoms with Crippen molar-refractivity contribution in [2.45, 2.75) is 19.9 Å². The van der Waals surface area contributed by atoms with E-state index >= 15 is 0 Å². The van der Waals surface area contributed by atoms with E-state index in [-0.39, 0.29) is 6.04 Å². The molecule has 0 aliphatic rings. The van der Waals surface area contributed by atoms with Crippen molar-refractivity contribution in [1.29, 1.82) is 0 Å². The van der Waals surface area contributed by atoms with E-state index in [0.29, 0.717) is 6.61 Å². The highest BCUT2D eigenvalue weighted by Gasteiger charge is 2.13. The molecule has 0 fully saturated rings. The second-order valence-corrected chi connectivity index (χ2v) is 3.92. The van der Waals surface area contributed by atoms with Crippen LogP contribution in [0.25, 0.3) is 0 Å². The van der Waals surface area contributed by atoms with Crippen LogP contribution in [0.3, 0.4) is 0 Å². The molecule has 2 N–H and O–H groups in total. The molecule has 0 aliphatic carbocycles. The minimum atomic E-state index is -0.172.